The molecule has 29 heavy (non-hydrogen) atoms. The maximum absolute atomic E-state index is 5.81. The lowest BCUT2D eigenvalue weighted by Gasteiger charge is -2.35. The van der Waals surface area contributed by atoms with Gasteiger partial charge in [-0.2, -0.15) is 0 Å². The Balaban J connectivity index is 0.00000300. The van der Waals surface area contributed by atoms with Crippen molar-refractivity contribution in [1.82, 2.24) is 10.2 Å². The smallest absolute Gasteiger partial charge is 0.193 e. The van der Waals surface area contributed by atoms with Gasteiger partial charge in [0.15, 0.2) is 5.96 Å². The van der Waals surface area contributed by atoms with E-state index in [0.717, 1.165) is 57.3 Å². The van der Waals surface area contributed by atoms with Crippen molar-refractivity contribution in [3.63, 3.8) is 0 Å². The van der Waals surface area contributed by atoms with Crippen LogP contribution in [0.15, 0.2) is 29.3 Å². The fourth-order valence-corrected chi connectivity index (χ4v) is 4.66. The number of piperidine rings is 1. The minimum absolute atomic E-state index is 0. The molecule has 1 N–H and O–H groups in total. The number of ether oxygens (including phenoxy) is 2. The van der Waals surface area contributed by atoms with Crippen LogP contribution in [0.4, 0.5) is 0 Å². The molecular weight excluding hydrogens is 477 g/mol. The molecule has 1 aliphatic heterocycles. The normalized spacial score (nSPS) is 19.7. The second kappa shape index (κ2) is 12.0. The first-order chi connectivity index (χ1) is 13.7. The number of benzene rings is 1. The molecule has 0 radical (unpaired) electrons. The Morgan fingerprint density at radius 1 is 1.21 bits per heavy atom. The molecule has 1 saturated carbocycles. The van der Waals surface area contributed by atoms with Gasteiger partial charge in [0.1, 0.15) is 5.75 Å². The summed E-state index contributed by atoms with van der Waals surface area (Å²) >= 11 is 0. The quantitative estimate of drug-likeness (QED) is 0.328. The standard InChI is InChI=1S/C23H37N3O2.HI/c1-4-24-22(26-15-11-20(12-16-26)28-5-2)25-18-23(13-6-7-14-23)19-9-8-10-21(17-19)27-3;/h8-10,17,20H,4-7,11-16,18H2,1-3H3,(H,24,25);1H. The predicted octanol–water partition coefficient (Wildman–Crippen LogP) is 4.59. The molecule has 0 unspecified atom stereocenters. The number of hydrogen-bond donors (Lipinski definition) is 1. The van der Waals surface area contributed by atoms with Gasteiger partial charge in [0, 0.05) is 31.7 Å². The number of guanidine groups is 1. The van der Waals surface area contributed by atoms with E-state index in [0.29, 0.717) is 6.10 Å². The fraction of sp³-hybridized carbons (Fsp3) is 0.696. The highest BCUT2D eigenvalue weighted by molar-refractivity contribution is 14.0. The van der Waals surface area contributed by atoms with Crippen LogP contribution in [0.2, 0.25) is 0 Å². The maximum atomic E-state index is 5.81. The molecule has 1 heterocycles. The maximum Gasteiger partial charge on any atom is 0.193 e. The molecule has 6 heteroatoms. The van der Waals surface area contributed by atoms with Gasteiger partial charge in [-0.05, 0) is 57.2 Å². The van der Waals surface area contributed by atoms with Crippen molar-refractivity contribution in [3.05, 3.63) is 29.8 Å². The summed E-state index contributed by atoms with van der Waals surface area (Å²) in [5.41, 5.74) is 1.51. The Morgan fingerprint density at radius 3 is 2.55 bits per heavy atom. The van der Waals surface area contributed by atoms with Gasteiger partial charge in [0.2, 0.25) is 0 Å². The van der Waals surface area contributed by atoms with E-state index in [2.05, 4.69) is 42.3 Å². The van der Waals surface area contributed by atoms with Crippen molar-refractivity contribution in [2.75, 3.05) is 39.9 Å². The number of methoxy groups -OCH3 is 1. The lowest BCUT2D eigenvalue weighted by atomic mass is 9.79. The largest absolute Gasteiger partial charge is 0.497 e. The average Bonchev–Trinajstić information content (AvgIpc) is 3.22. The topological polar surface area (TPSA) is 46.1 Å². The highest BCUT2D eigenvalue weighted by Gasteiger charge is 2.36. The first-order valence-electron chi connectivity index (χ1n) is 11.0. The van der Waals surface area contributed by atoms with E-state index in [4.69, 9.17) is 14.5 Å². The lowest BCUT2D eigenvalue weighted by Crippen LogP contribution is -2.47. The van der Waals surface area contributed by atoms with Crippen LogP contribution in [-0.4, -0.2) is 56.9 Å². The van der Waals surface area contributed by atoms with Crippen LogP contribution in [0.25, 0.3) is 0 Å². The van der Waals surface area contributed by atoms with Gasteiger partial charge in [-0.15, -0.1) is 24.0 Å². The summed E-state index contributed by atoms with van der Waals surface area (Å²) < 4.78 is 11.3. The molecule has 2 fully saturated rings. The van der Waals surface area contributed by atoms with E-state index < -0.39 is 0 Å². The van der Waals surface area contributed by atoms with Gasteiger partial charge >= 0.3 is 0 Å². The molecule has 2 aliphatic rings. The first-order valence-corrected chi connectivity index (χ1v) is 11.0. The van der Waals surface area contributed by atoms with Crippen LogP contribution < -0.4 is 10.1 Å². The monoisotopic (exact) mass is 515 g/mol. The van der Waals surface area contributed by atoms with E-state index in [-0.39, 0.29) is 29.4 Å². The van der Waals surface area contributed by atoms with E-state index >= 15 is 0 Å². The number of nitrogens with zero attached hydrogens (tertiary/aromatic N) is 2. The zero-order chi connectivity index (χ0) is 19.8. The Labute approximate surface area is 193 Å². The van der Waals surface area contributed by atoms with Crippen LogP contribution in [0.5, 0.6) is 5.75 Å². The van der Waals surface area contributed by atoms with Crippen LogP contribution in [0.3, 0.4) is 0 Å². The highest BCUT2D eigenvalue weighted by atomic mass is 127. The first kappa shape index (κ1) is 24.3. The Kier molecular flexibility index (Phi) is 10.0. The van der Waals surface area contributed by atoms with Gasteiger partial charge in [-0.25, -0.2) is 0 Å². The molecule has 1 saturated heterocycles. The number of aliphatic imine (C=N–C) groups is 1. The van der Waals surface area contributed by atoms with Crippen LogP contribution >= 0.6 is 24.0 Å². The van der Waals surface area contributed by atoms with Gasteiger partial charge < -0.3 is 19.7 Å². The van der Waals surface area contributed by atoms with Gasteiger partial charge in [0.05, 0.1) is 19.8 Å². The summed E-state index contributed by atoms with van der Waals surface area (Å²) in [6, 6.07) is 8.61. The minimum Gasteiger partial charge on any atom is -0.497 e. The number of rotatable bonds is 7. The van der Waals surface area contributed by atoms with Crippen LogP contribution in [0, 0.1) is 0 Å². The number of nitrogens with one attached hydrogen (secondary N) is 1. The van der Waals surface area contributed by atoms with Crippen molar-refractivity contribution >= 4 is 29.9 Å². The SMILES string of the molecule is CCNC(=NCC1(c2cccc(OC)c2)CCCC1)N1CCC(OCC)CC1.I. The van der Waals surface area contributed by atoms with Crippen molar-refractivity contribution in [1.29, 1.82) is 0 Å². The Morgan fingerprint density at radius 2 is 1.93 bits per heavy atom. The molecule has 164 valence electrons. The third kappa shape index (κ3) is 6.23. The van der Waals surface area contributed by atoms with Crippen molar-refractivity contribution in [2.24, 2.45) is 4.99 Å². The zero-order valence-electron chi connectivity index (χ0n) is 18.3. The number of halogens is 1. The van der Waals surface area contributed by atoms with Gasteiger partial charge in [-0.3, -0.25) is 4.99 Å². The molecule has 5 nitrogen and oxygen atoms in total. The lowest BCUT2D eigenvalue weighted by molar-refractivity contribution is 0.0263. The predicted molar refractivity (Wildman–Crippen MR) is 131 cm³/mol. The molecular formula is C23H38IN3O2. The third-order valence-corrected chi connectivity index (χ3v) is 6.25. The van der Waals surface area contributed by atoms with E-state index in [1.165, 1.54) is 31.2 Å². The second-order valence-corrected chi connectivity index (χ2v) is 8.03. The second-order valence-electron chi connectivity index (χ2n) is 8.03. The highest BCUT2D eigenvalue weighted by Crippen LogP contribution is 2.42. The molecule has 0 aromatic heterocycles. The molecule has 0 spiro atoms. The molecule has 0 bridgehead atoms. The van der Waals surface area contributed by atoms with Gasteiger partial charge in [0.25, 0.3) is 0 Å². The van der Waals surface area contributed by atoms with Crippen molar-refractivity contribution in [2.45, 2.75) is 63.9 Å². The summed E-state index contributed by atoms with van der Waals surface area (Å²) in [5.74, 6) is 2.00. The fourth-order valence-electron chi connectivity index (χ4n) is 4.66. The van der Waals surface area contributed by atoms with Gasteiger partial charge in [-0.1, -0.05) is 25.0 Å². The Hall–Kier alpha value is -1.02. The summed E-state index contributed by atoms with van der Waals surface area (Å²) in [5, 5.41) is 3.52. The van der Waals surface area contributed by atoms with Crippen LogP contribution in [-0.2, 0) is 10.2 Å². The zero-order valence-corrected chi connectivity index (χ0v) is 20.6. The van der Waals surface area contributed by atoms with Crippen molar-refractivity contribution in [3.8, 4) is 5.75 Å². The summed E-state index contributed by atoms with van der Waals surface area (Å²) in [6.07, 6.45) is 7.54. The third-order valence-electron chi connectivity index (χ3n) is 6.25. The minimum atomic E-state index is 0. The molecule has 1 aromatic rings. The molecule has 0 atom stereocenters. The number of hydrogen-bond acceptors (Lipinski definition) is 3. The summed E-state index contributed by atoms with van der Waals surface area (Å²) in [6.45, 7) is 8.81. The van der Waals surface area contributed by atoms with E-state index in [9.17, 15) is 0 Å². The molecule has 0 amide bonds. The summed E-state index contributed by atoms with van der Waals surface area (Å²) in [7, 11) is 1.74. The van der Waals surface area contributed by atoms with E-state index in [1.54, 1.807) is 7.11 Å². The molecule has 1 aliphatic carbocycles. The average molecular weight is 515 g/mol. The molecule has 3 rings (SSSR count). The number of likely N-dealkylation sites (tertiary alicyclic amines) is 1. The Bertz CT molecular complexity index is 639. The summed E-state index contributed by atoms with van der Waals surface area (Å²) in [4.78, 5) is 7.55. The van der Waals surface area contributed by atoms with E-state index in [1.807, 2.05) is 6.07 Å². The van der Waals surface area contributed by atoms with Crippen LogP contribution in [0.1, 0.15) is 57.9 Å². The van der Waals surface area contributed by atoms with Crippen molar-refractivity contribution < 1.29 is 9.47 Å². The molecule has 1 aromatic carbocycles.